The minimum atomic E-state index is -0.853. The molecule has 1 amide bonds. The van der Waals surface area contributed by atoms with E-state index in [9.17, 15) is 9.90 Å². The number of methoxy groups -OCH3 is 1. The van der Waals surface area contributed by atoms with E-state index in [1.54, 1.807) is 14.0 Å². The van der Waals surface area contributed by atoms with Gasteiger partial charge in [0.05, 0.1) is 12.7 Å². The first kappa shape index (κ1) is 17.5. The Morgan fingerprint density at radius 2 is 2.05 bits per heavy atom. The first-order chi connectivity index (χ1) is 9.84. The van der Waals surface area contributed by atoms with Gasteiger partial charge in [0.1, 0.15) is 5.75 Å². The van der Waals surface area contributed by atoms with E-state index in [2.05, 4.69) is 19.2 Å². The van der Waals surface area contributed by atoms with Gasteiger partial charge in [-0.15, -0.1) is 0 Å². The summed E-state index contributed by atoms with van der Waals surface area (Å²) in [5.74, 6) is 1.15. The van der Waals surface area contributed by atoms with Gasteiger partial charge in [0.2, 0.25) is 5.91 Å². The smallest absolute Gasteiger partial charge is 0.220 e. The van der Waals surface area contributed by atoms with Crippen molar-refractivity contribution in [1.29, 1.82) is 0 Å². The molecule has 0 bridgehead atoms. The lowest BCUT2D eigenvalue weighted by atomic mass is 9.94. The Bertz CT molecular complexity index is 455. The second-order valence-electron chi connectivity index (χ2n) is 6.18. The predicted molar refractivity (Wildman–Crippen MR) is 84.4 cm³/mol. The van der Waals surface area contributed by atoms with Crippen LogP contribution in [0.3, 0.4) is 0 Å². The Balaban J connectivity index is 2.41. The van der Waals surface area contributed by atoms with Gasteiger partial charge in [0.15, 0.2) is 0 Å². The summed E-state index contributed by atoms with van der Waals surface area (Å²) in [5.41, 5.74) is 0.165. The number of ether oxygens (including phenoxy) is 1. The number of benzene rings is 1. The van der Waals surface area contributed by atoms with E-state index in [-0.39, 0.29) is 12.5 Å². The molecule has 0 aliphatic carbocycles. The molecule has 1 aromatic carbocycles. The summed E-state index contributed by atoms with van der Waals surface area (Å²) in [4.78, 5) is 11.9. The third kappa shape index (κ3) is 6.63. The third-order valence-electron chi connectivity index (χ3n) is 3.33. The van der Waals surface area contributed by atoms with Crippen LogP contribution in [0.5, 0.6) is 5.75 Å². The van der Waals surface area contributed by atoms with Crippen molar-refractivity contribution in [3.63, 3.8) is 0 Å². The highest BCUT2D eigenvalue weighted by Crippen LogP contribution is 2.19. The minimum absolute atomic E-state index is 0.0510. The molecule has 0 saturated carbocycles. The van der Waals surface area contributed by atoms with Gasteiger partial charge in [-0.3, -0.25) is 4.79 Å². The van der Waals surface area contributed by atoms with Crippen molar-refractivity contribution in [2.75, 3.05) is 13.7 Å². The fraction of sp³-hybridized carbons (Fsp3) is 0.588. The zero-order chi connectivity index (χ0) is 15.9. The molecule has 0 fully saturated rings. The van der Waals surface area contributed by atoms with Gasteiger partial charge in [-0.2, -0.15) is 0 Å². The monoisotopic (exact) mass is 293 g/mol. The fourth-order valence-electron chi connectivity index (χ4n) is 2.49. The Morgan fingerprint density at radius 3 is 2.67 bits per heavy atom. The summed E-state index contributed by atoms with van der Waals surface area (Å²) in [5, 5.41) is 13.0. The topological polar surface area (TPSA) is 58.6 Å². The maximum Gasteiger partial charge on any atom is 0.220 e. The maximum absolute atomic E-state index is 11.9. The highest BCUT2D eigenvalue weighted by Gasteiger charge is 2.22. The molecule has 1 aromatic rings. The first-order valence-electron chi connectivity index (χ1n) is 7.45. The Labute approximate surface area is 127 Å². The van der Waals surface area contributed by atoms with Gasteiger partial charge in [-0.1, -0.05) is 32.0 Å². The van der Waals surface area contributed by atoms with Crippen LogP contribution in [0.1, 0.15) is 39.2 Å². The third-order valence-corrected chi connectivity index (χ3v) is 3.33. The normalized spacial score (nSPS) is 13.8. The molecule has 0 heterocycles. The quantitative estimate of drug-likeness (QED) is 0.774. The number of carbonyl (C=O) groups is 1. The molecule has 2 N–H and O–H groups in total. The van der Waals surface area contributed by atoms with E-state index in [0.717, 1.165) is 11.3 Å². The van der Waals surface area contributed by atoms with Crippen molar-refractivity contribution in [3.8, 4) is 5.75 Å². The summed E-state index contributed by atoms with van der Waals surface area (Å²) < 4.78 is 5.26. The Morgan fingerprint density at radius 1 is 1.38 bits per heavy atom. The number of hydrogen-bond acceptors (Lipinski definition) is 3. The molecule has 0 aliphatic heterocycles. The van der Waals surface area contributed by atoms with Gasteiger partial charge in [-0.05, 0) is 37.3 Å². The van der Waals surface area contributed by atoms with Gasteiger partial charge < -0.3 is 15.2 Å². The fourth-order valence-corrected chi connectivity index (χ4v) is 2.49. The van der Waals surface area contributed by atoms with Crippen molar-refractivity contribution < 1.29 is 14.6 Å². The molecular formula is C17H27NO3. The van der Waals surface area contributed by atoms with Gasteiger partial charge in [0, 0.05) is 13.0 Å². The van der Waals surface area contributed by atoms with Crippen LogP contribution in [0.4, 0.5) is 0 Å². The summed E-state index contributed by atoms with van der Waals surface area (Å²) in [6.45, 7) is 6.15. The molecule has 0 aromatic heterocycles. The molecule has 4 heteroatoms. The molecule has 21 heavy (non-hydrogen) atoms. The molecule has 0 radical (unpaired) electrons. The van der Waals surface area contributed by atoms with Crippen LogP contribution in [0.2, 0.25) is 0 Å². The second-order valence-corrected chi connectivity index (χ2v) is 6.18. The number of amides is 1. The van der Waals surface area contributed by atoms with Crippen molar-refractivity contribution in [3.05, 3.63) is 29.8 Å². The molecule has 0 spiro atoms. The molecule has 0 aliphatic rings. The molecule has 0 saturated heterocycles. The zero-order valence-electron chi connectivity index (χ0n) is 13.5. The van der Waals surface area contributed by atoms with E-state index in [1.807, 2.05) is 24.3 Å². The summed E-state index contributed by atoms with van der Waals surface area (Å²) >= 11 is 0. The lowest BCUT2D eigenvalue weighted by Gasteiger charge is -2.25. The highest BCUT2D eigenvalue weighted by molar-refractivity contribution is 5.76. The zero-order valence-corrected chi connectivity index (χ0v) is 13.5. The number of aryl methyl sites for hydroxylation is 1. The van der Waals surface area contributed by atoms with Gasteiger partial charge >= 0.3 is 0 Å². The van der Waals surface area contributed by atoms with Crippen molar-refractivity contribution in [2.45, 2.75) is 45.6 Å². The average molecular weight is 293 g/mol. The molecular weight excluding hydrogens is 266 g/mol. The number of aliphatic hydroxyl groups is 1. The number of carbonyl (C=O) groups excluding carboxylic acids is 1. The highest BCUT2D eigenvalue weighted by atomic mass is 16.5. The van der Waals surface area contributed by atoms with Crippen LogP contribution >= 0.6 is 0 Å². The number of hydrogen-bond donors (Lipinski definition) is 2. The number of nitrogens with one attached hydrogen (secondary N) is 1. The van der Waals surface area contributed by atoms with E-state index in [1.165, 1.54) is 0 Å². The minimum Gasteiger partial charge on any atom is -0.496 e. The molecule has 1 atom stereocenters. The SMILES string of the molecule is COc1ccccc1CCC(=O)NCC(C)(O)CC(C)C. The lowest BCUT2D eigenvalue weighted by molar-refractivity contribution is -0.122. The lowest BCUT2D eigenvalue weighted by Crippen LogP contribution is -2.41. The van der Waals surface area contributed by atoms with E-state index in [4.69, 9.17) is 4.74 Å². The van der Waals surface area contributed by atoms with Crippen LogP contribution < -0.4 is 10.1 Å². The second kappa shape index (κ2) is 8.03. The van der Waals surface area contributed by atoms with Crippen LogP contribution in [-0.2, 0) is 11.2 Å². The molecule has 1 unspecified atom stereocenters. The van der Waals surface area contributed by atoms with E-state index >= 15 is 0 Å². The number of para-hydroxylation sites is 1. The molecule has 118 valence electrons. The summed E-state index contributed by atoms with van der Waals surface area (Å²) in [7, 11) is 1.63. The van der Waals surface area contributed by atoms with Crippen LogP contribution in [0, 0.1) is 5.92 Å². The van der Waals surface area contributed by atoms with E-state index in [0.29, 0.717) is 25.2 Å². The van der Waals surface area contributed by atoms with E-state index < -0.39 is 5.60 Å². The van der Waals surface area contributed by atoms with Gasteiger partial charge in [-0.25, -0.2) is 0 Å². The maximum atomic E-state index is 11.9. The number of rotatable bonds is 8. The van der Waals surface area contributed by atoms with Crippen LogP contribution in [0.25, 0.3) is 0 Å². The summed E-state index contributed by atoms with van der Waals surface area (Å²) in [6, 6.07) is 7.69. The molecule has 1 rings (SSSR count). The Kier molecular flexibility index (Phi) is 6.69. The van der Waals surface area contributed by atoms with Crippen molar-refractivity contribution in [2.24, 2.45) is 5.92 Å². The van der Waals surface area contributed by atoms with Crippen molar-refractivity contribution >= 4 is 5.91 Å². The molecule has 4 nitrogen and oxygen atoms in total. The van der Waals surface area contributed by atoms with Crippen LogP contribution in [0.15, 0.2) is 24.3 Å². The average Bonchev–Trinajstić information content (AvgIpc) is 2.42. The Hall–Kier alpha value is -1.55. The van der Waals surface area contributed by atoms with Gasteiger partial charge in [0.25, 0.3) is 0 Å². The van der Waals surface area contributed by atoms with Crippen molar-refractivity contribution in [1.82, 2.24) is 5.32 Å². The van der Waals surface area contributed by atoms with Crippen LogP contribution in [-0.4, -0.2) is 30.3 Å². The standard InChI is InChI=1S/C17H27NO3/c1-13(2)11-17(3,20)12-18-16(19)10-9-14-7-5-6-8-15(14)21-4/h5-8,13,20H,9-12H2,1-4H3,(H,18,19). The first-order valence-corrected chi connectivity index (χ1v) is 7.45. The largest absolute Gasteiger partial charge is 0.496 e. The summed E-state index contributed by atoms with van der Waals surface area (Å²) in [6.07, 6.45) is 1.68. The predicted octanol–water partition coefficient (Wildman–Crippen LogP) is 2.54.